The summed E-state index contributed by atoms with van der Waals surface area (Å²) in [5.74, 6) is -1.92. The predicted molar refractivity (Wildman–Crippen MR) is 115 cm³/mol. The summed E-state index contributed by atoms with van der Waals surface area (Å²) >= 11 is 0. The normalized spacial score (nSPS) is 16.5. The number of halogens is 2. The lowest BCUT2D eigenvalue weighted by atomic mass is 9.64. The first kappa shape index (κ1) is 20.6. The SMILES string of the molecule is O=C1Cc2c(Nc3ccncc3)cc(NS(=O)(=O)c3ccc(F)cc3F)cc2C12CCC2. The molecule has 1 saturated carbocycles. The Labute approximate surface area is 183 Å². The van der Waals surface area contributed by atoms with Crippen LogP contribution in [-0.2, 0) is 26.7 Å². The van der Waals surface area contributed by atoms with Gasteiger partial charge in [-0.15, -0.1) is 0 Å². The van der Waals surface area contributed by atoms with Crippen molar-refractivity contribution < 1.29 is 22.0 Å². The second kappa shape index (κ2) is 7.37. The summed E-state index contributed by atoms with van der Waals surface area (Å²) in [6, 6.07) is 9.06. The van der Waals surface area contributed by atoms with E-state index in [1.807, 2.05) is 0 Å². The van der Waals surface area contributed by atoms with Crippen LogP contribution in [0.2, 0.25) is 0 Å². The summed E-state index contributed by atoms with van der Waals surface area (Å²) < 4.78 is 55.5. The van der Waals surface area contributed by atoms with Gasteiger partial charge in [-0.3, -0.25) is 14.5 Å². The van der Waals surface area contributed by atoms with Gasteiger partial charge in [0, 0.05) is 36.3 Å². The Balaban J connectivity index is 1.59. The van der Waals surface area contributed by atoms with Gasteiger partial charge in [-0.05, 0) is 60.4 Å². The molecule has 3 aromatic rings. The molecule has 0 radical (unpaired) electrons. The zero-order valence-electron chi connectivity index (χ0n) is 16.9. The second-order valence-corrected chi connectivity index (χ2v) is 9.78. The largest absolute Gasteiger partial charge is 0.355 e. The van der Waals surface area contributed by atoms with Gasteiger partial charge in [0.1, 0.15) is 22.3 Å². The van der Waals surface area contributed by atoms with Crippen molar-refractivity contribution in [2.24, 2.45) is 0 Å². The summed E-state index contributed by atoms with van der Waals surface area (Å²) in [6.45, 7) is 0. The number of sulfonamides is 1. The first-order valence-corrected chi connectivity index (χ1v) is 11.6. The fourth-order valence-electron chi connectivity index (χ4n) is 4.51. The molecular formula is C23H19F2N3O3S. The number of Topliss-reactive ketones (excluding diaryl/α,β-unsaturated/α-hetero) is 1. The van der Waals surface area contributed by atoms with Gasteiger partial charge in [-0.1, -0.05) is 6.42 Å². The Hall–Kier alpha value is -3.33. The maximum atomic E-state index is 14.2. The molecule has 0 unspecified atom stereocenters. The standard InChI is InChI=1S/C23H19F2N3O3S/c24-14-2-3-21(19(25)10-14)32(30,31)28-16-11-18-17(13-22(29)23(18)6-1-7-23)20(12-16)27-15-4-8-26-9-5-15/h2-5,8-12,28H,1,6-7,13H2,(H,26,27). The predicted octanol–water partition coefficient (Wildman–Crippen LogP) is 4.45. The number of aromatic nitrogens is 1. The molecule has 1 heterocycles. The highest BCUT2D eigenvalue weighted by molar-refractivity contribution is 7.92. The number of carbonyl (C=O) groups excluding carboxylic acids is 1. The topological polar surface area (TPSA) is 88.2 Å². The number of pyridine rings is 1. The van der Waals surface area contributed by atoms with Gasteiger partial charge >= 0.3 is 0 Å². The smallest absolute Gasteiger partial charge is 0.264 e. The van der Waals surface area contributed by atoms with Crippen molar-refractivity contribution in [3.8, 4) is 0 Å². The fraction of sp³-hybridized carbons (Fsp3) is 0.217. The van der Waals surface area contributed by atoms with E-state index in [9.17, 15) is 22.0 Å². The Morgan fingerprint density at radius 2 is 1.72 bits per heavy atom. The third-order valence-corrected chi connectivity index (χ3v) is 7.65. The third kappa shape index (κ3) is 3.33. The number of benzene rings is 2. The van der Waals surface area contributed by atoms with E-state index in [4.69, 9.17) is 0 Å². The first-order valence-electron chi connectivity index (χ1n) is 10.1. The van der Waals surface area contributed by atoms with Crippen molar-refractivity contribution in [1.29, 1.82) is 0 Å². The molecule has 1 spiro atoms. The van der Waals surface area contributed by atoms with E-state index < -0.39 is 32.0 Å². The van der Waals surface area contributed by atoms with Crippen LogP contribution >= 0.6 is 0 Å². The van der Waals surface area contributed by atoms with Crippen molar-refractivity contribution in [3.63, 3.8) is 0 Å². The molecule has 2 N–H and O–H groups in total. The second-order valence-electron chi connectivity index (χ2n) is 8.13. The van der Waals surface area contributed by atoms with Gasteiger partial charge in [0.2, 0.25) is 0 Å². The van der Waals surface area contributed by atoms with Crippen LogP contribution in [0, 0.1) is 11.6 Å². The Kier molecular flexibility index (Phi) is 4.74. The quantitative estimate of drug-likeness (QED) is 0.594. The summed E-state index contributed by atoms with van der Waals surface area (Å²) in [5.41, 5.74) is 2.57. The van der Waals surface area contributed by atoms with Gasteiger partial charge in [-0.2, -0.15) is 0 Å². The molecule has 2 aliphatic carbocycles. The molecule has 6 nitrogen and oxygen atoms in total. The summed E-state index contributed by atoms with van der Waals surface area (Å²) in [5, 5.41) is 3.24. The van der Waals surface area contributed by atoms with Gasteiger partial charge in [0.15, 0.2) is 0 Å². The summed E-state index contributed by atoms with van der Waals surface area (Å²) in [6.07, 6.45) is 5.86. The van der Waals surface area contributed by atoms with Gasteiger partial charge in [0.25, 0.3) is 10.0 Å². The van der Waals surface area contributed by atoms with Crippen LogP contribution in [0.3, 0.4) is 0 Å². The minimum absolute atomic E-state index is 0.126. The Bertz CT molecular complexity index is 1340. The maximum Gasteiger partial charge on any atom is 0.264 e. The minimum Gasteiger partial charge on any atom is -0.355 e. The number of nitrogens with zero attached hydrogens (tertiary/aromatic N) is 1. The molecule has 0 amide bonds. The fourth-order valence-corrected chi connectivity index (χ4v) is 5.61. The lowest BCUT2D eigenvalue weighted by Gasteiger charge is -2.37. The molecule has 0 saturated heterocycles. The number of rotatable bonds is 5. The van der Waals surface area contributed by atoms with E-state index >= 15 is 0 Å². The van der Waals surface area contributed by atoms with Gasteiger partial charge < -0.3 is 5.32 Å². The van der Waals surface area contributed by atoms with Crippen LogP contribution in [0.5, 0.6) is 0 Å². The summed E-state index contributed by atoms with van der Waals surface area (Å²) in [4.78, 5) is 16.2. The summed E-state index contributed by atoms with van der Waals surface area (Å²) in [7, 11) is -4.32. The number of ketones is 1. The molecule has 1 aromatic heterocycles. The molecule has 1 fully saturated rings. The third-order valence-electron chi connectivity index (χ3n) is 6.24. The highest BCUT2D eigenvalue weighted by Crippen LogP contribution is 2.53. The van der Waals surface area contributed by atoms with Crippen LogP contribution in [-0.4, -0.2) is 19.2 Å². The van der Waals surface area contributed by atoms with E-state index in [-0.39, 0.29) is 17.9 Å². The van der Waals surface area contributed by atoms with E-state index in [1.165, 1.54) is 0 Å². The highest BCUT2D eigenvalue weighted by Gasteiger charge is 2.51. The molecule has 0 bridgehead atoms. The van der Waals surface area contributed by atoms with E-state index in [0.29, 0.717) is 11.8 Å². The lowest BCUT2D eigenvalue weighted by Crippen LogP contribution is -2.39. The number of fused-ring (bicyclic) bond motifs is 2. The lowest BCUT2D eigenvalue weighted by molar-refractivity contribution is -0.125. The van der Waals surface area contributed by atoms with Crippen molar-refractivity contribution in [1.82, 2.24) is 4.98 Å². The van der Waals surface area contributed by atoms with E-state index in [1.54, 1.807) is 36.7 Å². The van der Waals surface area contributed by atoms with Crippen LogP contribution in [0.15, 0.2) is 59.8 Å². The molecule has 5 rings (SSSR count). The van der Waals surface area contributed by atoms with E-state index in [0.717, 1.165) is 48.2 Å². The molecule has 9 heteroatoms. The molecule has 0 aliphatic heterocycles. The van der Waals surface area contributed by atoms with Crippen molar-refractivity contribution >= 4 is 32.9 Å². The average molecular weight is 455 g/mol. The van der Waals surface area contributed by atoms with Crippen molar-refractivity contribution in [2.75, 3.05) is 10.0 Å². The number of nitrogens with one attached hydrogen (secondary N) is 2. The van der Waals surface area contributed by atoms with Crippen molar-refractivity contribution in [2.45, 2.75) is 36.0 Å². The molecule has 32 heavy (non-hydrogen) atoms. The highest BCUT2D eigenvalue weighted by atomic mass is 32.2. The zero-order valence-corrected chi connectivity index (χ0v) is 17.7. The Morgan fingerprint density at radius 1 is 0.969 bits per heavy atom. The molecule has 2 aliphatic rings. The number of carbonyl (C=O) groups is 1. The van der Waals surface area contributed by atoms with Crippen LogP contribution in [0.25, 0.3) is 0 Å². The number of anilines is 3. The zero-order chi connectivity index (χ0) is 22.5. The van der Waals surface area contributed by atoms with Crippen LogP contribution in [0.1, 0.15) is 30.4 Å². The first-order chi connectivity index (χ1) is 15.3. The van der Waals surface area contributed by atoms with E-state index in [2.05, 4.69) is 15.0 Å². The number of hydrogen-bond acceptors (Lipinski definition) is 5. The van der Waals surface area contributed by atoms with Crippen LogP contribution in [0.4, 0.5) is 25.8 Å². The molecule has 164 valence electrons. The van der Waals surface area contributed by atoms with Gasteiger partial charge in [0.05, 0.1) is 11.1 Å². The Morgan fingerprint density at radius 3 is 2.38 bits per heavy atom. The molecular weight excluding hydrogens is 436 g/mol. The molecule has 0 atom stereocenters. The van der Waals surface area contributed by atoms with Crippen LogP contribution < -0.4 is 10.0 Å². The average Bonchev–Trinajstić information content (AvgIpc) is 3.00. The minimum atomic E-state index is -4.32. The maximum absolute atomic E-state index is 14.2. The van der Waals surface area contributed by atoms with Crippen molar-refractivity contribution in [3.05, 3.63) is 77.6 Å². The van der Waals surface area contributed by atoms with Gasteiger partial charge in [-0.25, -0.2) is 17.2 Å². The number of hydrogen-bond donors (Lipinski definition) is 2. The molecule has 2 aromatic carbocycles. The monoisotopic (exact) mass is 455 g/mol.